The lowest BCUT2D eigenvalue weighted by atomic mass is 9.98. The normalized spacial score (nSPS) is 19.1. The van der Waals surface area contributed by atoms with Gasteiger partial charge < -0.3 is 10.2 Å². The van der Waals surface area contributed by atoms with Crippen molar-refractivity contribution in [1.82, 2.24) is 4.98 Å². The molecule has 1 heterocycles. The Kier molecular flexibility index (Phi) is 2.76. The molecule has 0 amide bonds. The fourth-order valence-corrected chi connectivity index (χ4v) is 2.54. The molecule has 1 aromatic carbocycles. The Labute approximate surface area is 108 Å². The zero-order chi connectivity index (χ0) is 11.8. The van der Waals surface area contributed by atoms with Gasteiger partial charge in [-0.15, -0.1) is 0 Å². The number of benzene rings is 1. The van der Waals surface area contributed by atoms with Crippen molar-refractivity contribution >= 4 is 15.9 Å². The van der Waals surface area contributed by atoms with Crippen molar-refractivity contribution in [2.24, 2.45) is 5.73 Å². The lowest BCUT2D eigenvalue weighted by Crippen LogP contribution is -2.27. The molecule has 1 aromatic heterocycles. The van der Waals surface area contributed by atoms with Gasteiger partial charge >= 0.3 is 0 Å². The smallest absolute Gasteiger partial charge is 0.226 e. The number of rotatable bonds is 1. The number of hydrogen-bond donors (Lipinski definition) is 1. The molecule has 2 aromatic rings. The summed E-state index contributed by atoms with van der Waals surface area (Å²) in [6.07, 6.45) is 2.72. The highest BCUT2D eigenvalue weighted by Gasteiger charge is 2.22. The van der Waals surface area contributed by atoms with E-state index in [2.05, 4.69) is 20.9 Å². The number of fused-ring (bicyclic) bond motifs is 1. The van der Waals surface area contributed by atoms with Crippen LogP contribution < -0.4 is 5.73 Å². The van der Waals surface area contributed by atoms with Crippen molar-refractivity contribution < 1.29 is 4.42 Å². The number of nitrogens with two attached hydrogens (primary N) is 1. The minimum absolute atomic E-state index is 0.214. The molecule has 1 aliphatic carbocycles. The van der Waals surface area contributed by atoms with Gasteiger partial charge in [0.15, 0.2) is 0 Å². The van der Waals surface area contributed by atoms with E-state index in [4.69, 9.17) is 10.2 Å². The number of hydrogen-bond acceptors (Lipinski definition) is 3. The van der Waals surface area contributed by atoms with E-state index < -0.39 is 0 Å². The molecule has 3 rings (SSSR count). The number of aryl methyl sites for hydroxylation is 1. The highest BCUT2D eigenvalue weighted by molar-refractivity contribution is 9.10. The molecule has 0 fully saturated rings. The van der Waals surface area contributed by atoms with Gasteiger partial charge in [0.1, 0.15) is 5.76 Å². The van der Waals surface area contributed by atoms with Crippen LogP contribution in [-0.2, 0) is 12.8 Å². The van der Waals surface area contributed by atoms with Crippen LogP contribution in [0.15, 0.2) is 33.2 Å². The number of oxazole rings is 1. The summed E-state index contributed by atoms with van der Waals surface area (Å²) in [5, 5.41) is 0. The van der Waals surface area contributed by atoms with Crippen molar-refractivity contribution in [3.63, 3.8) is 0 Å². The van der Waals surface area contributed by atoms with Gasteiger partial charge in [-0.1, -0.05) is 22.0 Å². The topological polar surface area (TPSA) is 52.0 Å². The van der Waals surface area contributed by atoms with Crippen LogP contribution in [0.25, 0.3) is 11.5 Å². The predicted molar refractivity (Wildman–Crippen MR) is 69.6 cm³/mol. The highest BCUT2D eigenvalue weighted by atomic mass is 79.9. The van der Waals surface area contributed by atoms with E-state index in [1.54, 1.807) is 0 Å². The molecule has 0 saturated carbocycles. The van der Waals surface area contributed by atoms with Gasteiger partial charge in [-0.3, -0.25) is 0 Å². The quantitative estimate of drug-likeness (QED) is 0.879. The number of halogens is 1. The van der Waals surface area contributed by atoms with Crippen molar-refractivity contribution in [3.8, 4) is 11.5 Å². The van der Waals surface area contributed by atoms with Crippen LogP contribution >= 0.6 is 15.9 Å². The lowest BCUT2D eigenvalue weighted by Gasteiger charge is -2.14. The van der Waals surface area contributed by atoms with Crippen LogP contribution in [0.4, 0.5) is 0 Å². The van der Waals surface area contributed by atoms with Crippen molar-refractivity contribution in [2.75, 3.05) is 0 Å². The standard InChI is InChI=1S/C13H13BrN2O/c14-9-3-1-2-8(6-9)13-16-11-5-4-10(15)7-12(11)17-13/h1-3,6,10H,4-5,7,15H2. The molecule has 17 heavy (non-hydrogen) atoms. The van der Waals surface area contributed by atoms with E-state index in [9.17, 15) is 0 Å². The third kappa shape index (κ3) is 2.15. The summed E-state index contributed by atoms with van der Waals surface area (Å²) >= 11 is 3.45. The SMILES string of the molecule is NC1CCc2nc(-c3cccc(Br)c3)oc2C1. The Balaban J connectivity index is 2.00. The largest absolute Gasteiger partial charge is 0.441 e. The Morgan fingerprint density at radius 2 is 2.29 bits per heavy atom. The first-order valence-corrected chi connectivity index (χ1v) is 6.52. The van der Waals surface area contributed by atoms with E-state index in [0.717, 1.165) is 40.8 Å². The van der Waals surface area contributed by atoms with Gasteiger partial charge in [-0.2, -0.15) is 0 Å². The average Bonchev–Trinajstić information content (AvgIpc) is 2.72. The molecule has 0 saturated heterocycles. The summed E-state index contributed by atoms with van der Waals surface area (Å²) in [6, 6.07) is 8.20. The van der Waals surface area contributed by atoms with Crippen molar-refractivity contribution in [2.45, 2.75) is 25.3 Å². The fraction of sp³-hybridized carbons (Fsp3) is 0.308. The van der Waals surface area contributed by atoms with E-state index in [1.165, 1.54) is 0 Å². The Bertz CT molecular complexity index is 550. The van der Waals surface area contributed by atoms with E-state index in [0.29, 0.717) is 5.89 Å². The second kappa shape index (κ2) is 4.27. The molecule has 0 aliphatic heterocycles. The van der Waals surface area contributed by atoms with E-state index >= 15 is 0 Å². The summed E-state index contributed by atoms with van der Waals surface area (Å²) in [7, 11) is 0. The summed E-state index contributed by atoms with van der Waals surface area (Å²) in [5.74, 6) is 1.66. The Morgan fingerprint density at radius 1 is 1.41 bits per heavy atom. The fourth-order valence-electron chi connectivity index (χ4n) is 2.15. The van der Waals surface area contributed by atoms with Crippen molar-refractivity contribution in [1.29, 1.82) is 0 Å². The summed E-state index contributed by atoms with van der Waals surface area (Å²) in [6.45, 7) is 0. The van der Waals surface area contributed by atoms with Gasteiger partial charge in [-0.05, 0) is 31.0 Å². The molecular formula is C13H13BrN2O. The van der Waals surface area contributed by atoms with Crippen LogP contribution in [0.2, 0.25) is 0 Å². The van der Waals surface area contributed by atoms with Crippen LogP contribution in [0, 0.1) is 0 Å². The van der Waals surface area contributed by atoms with E-state index in [1.807, 2.05) is 24.3 Å². The first-order chi connectivity index (χ1) is 8.22. The molecule has 3 nitrogen and oxygen atoms in total. The maximum absolute atomic E-state index is 5.93. The van der Waals surface area contributed by atoms with Crippen LogP contribution in [0.3, 0.4) is 0 Å². The van der Waals surface area contributed by atoms with Gasteiger partial charge in [-0.25, -0.2) is 4.98 Å². The minimum atomic E-state index is 0.214. The lowest BCUT2D eigenvalue weighted by molar-refractivity contribution is 0.457. The minimum Gasteiger partial charge on any atom is -0.441 e. The third-order valence-corrected chi connectivity index (χ3v) is 3.54. The molecule has 0 bridgehead atoms. The monoisotopic (exact) mass is 292 g/mol. The maximum Gasteiger partial charge on any atom is 0.226 e. The zero-order valence-corrected chi connectivity index (χ0v) is 10.9. The summed E-state index contributed by atoms with van der Waals surface area (Å²) in [4.78, 5) is 4.55. The molecule has 1 aliphatic rings. The number of nitrogens with zero attached hydrogens (tertiary/aromatic N) is 1. The summed E-state index contributed by atoms with van der Waals surface area (Å²) in [5.41, 5.74) is 8.00. The molecule has 0 radical (unpaired) electrons. The van der Waals surface area contributed by atoms with Crippen LogP contribution in [0.5, 0.6) is 0 Å². The second-order valence-corrected chi connectivity index (χ2v) is 5.32. The van der Waals surface area contributed by atoms with E-state index in [-0.39, 0.29) is 6.04 Å². The highest BCUT2D eigenvalue weighted by Crippen LogP contribution is 2.28. The predicted octanol–water partition coefficient (Wildman–Crippen LogP) is 2.92. The molecule has 2 N–H and O–H groups in total. The molecule has 88 valence electrons. The second-order valence-electron chi connectivity index (χ2n) is 4.40. The molecule has 1 atom stereocenters. The average molecular weight is 293 g/mol. The van der Waals surface area contributed by atoms with Crippen LogP contribution in [-0.4, -0.2) is 11.0 Å². The zero-order valence-electron chi connectivity index (χ0n) is 9.32. The first kappa shape index (κ1) is 11.0. The van der Waals surface area contributed by atoms with Gasteiger partial charge in [0.2, 0.25) is 5.89 Å². The third-order valence-electron chi connectivity index (χ3n) is 3.05. The van der Waals surface area contributed by atoms with Crippen LogP contribution in [0.1, 0.15) is 17.9 Å². The van der Waals surface area contributed by atoms with Gasteiger partial charge in [0.25, 0.3) is 0 Å². The molecule has 0 spiro atoms. The van der Waals surface area contributed by atoms with Gasteiger partial charge in [0, 0.05) is 22.5 Å². The summed E-state index contributed by atoms with van der Waals surface area (Å²) < 4.78 is 6.84. The van der Waals surface area contributed by atoms with Gasteiger partial charge in [0.05, 0.1) is 5.69 Å². The molecular weight excluding hydrogens is 280 g/mol. The van der Waals surface area contributed by atoms with Crippen molar-refractivity contribution in [3.05, 3.63) is 40.2 Å². The maximum atomic E-state index is 5.93. The number of aromatic nitrogens is 1. The Hall–Kier alpha value is -1.13. The molecule has 1 unspecified atom stereocenters. The molecule has 4 heteroatoms. The Morgan fingerprint density at radius 3 is 3.12 bits per heavy atom. The first-order valence-electron chi connectivity index (χ1n) is 5.72.